The zero-order chi connectivity index (χ0) is 16.0. The third-order valence-electron chi connectivity index (χ3n) is 3.85. The van der Waals surface area contributed by atoms with Gasteiger partial charge in [0.25, 0.3) is 0 Å². The Morgan fingerprint density at radius 3 is 2.43 bits per heavy atom. The number of hydrogen-bond donors (Lipinski definition) is 0. The Hall–Kier alpha value is -0.920. The number of nitrogens with zero attached hydrogens (tertiary/aromatic N) is 2. The molecule has 0 saturated carbocycles. The second-order valence-electron chi connectivity index (χ2n) is 5.77. The van der Waals surface area contributed by atoms with Crippen LogP contribution in [-0.2, 0) is 14.8 Å². The van der Waals surface area contributed by atoms with E-state index in [1.54, 1.807) is 44.0 Å². The molecule has 0 aromatic heterocycles. The van der Waals surface area contributed by atoms with Crippen molar-refractivity contribution in [3.8, 4) is 0 Å². The van der Waals surface area contributed by atoms with E-state index in [4.69, 9.17) is 0 Å². The van der Waals surface area contributed by atoms with Gasteiger partial charge in [-0.2, -0.15) is 4.31 Å². The van der Waals surface area contributed by atoms with Crippen LogP contribution in [0, 0.1) is 6.92 Å². The van der Waals surface area contributed by atoms with E-state index in [0.717, 1.165) is 10.0 Å². The van der Waals surface area contributed by atoms with Gasteiger partial charge < -0.3 is 4.90 Å². The molecule has 116 valence electrons. The van der Waals surface area contributed by atoms with Crippen molar-refractivity contribution in [2.24, 2.45) is 0 Å². The molecule has 1 aromatic rings. The van der Waals surface area contributed by atoms with E-state index in [0.29, 0.717) is 13.1 Å². The number of sulfonamides is 1. The molecule has 7 heteroatoms. The van der Waals surface area contributed by atoms with Gasteiger partial charge in [-0.1, -0.05) is 15.9 Å². The van der Waals surface area contributed by atoms with E-state index < -0.39 is 15.6 Å². The largest absolute Gasteiger partial charge is 0.343 e. The van der Waals surface area contributed by atoms with Crippen LogP contribution in [-0.4, -0.2) is 49.2 Å². The first-order valence-electron chi connectivity index (χ1n) is 6.63. The first-order chi connectivity index (χ1) is 9.58. The third-order valence-corrected chi connectivity index (χ3v) is 6.81. The van der Waals surface area contributed by atoms with Crippen molar-refractivity contribution in [2.75, 3.05) is 20.1 Å². The minimum absolute atomic E-state index is 0.189. The van der Waals surface area contributed by atoms with Gasteiger partial charge >= 0.3 is 0 Å². The van der Waals surface area contributed by atoms with Crippen molar-refractivity contribution < 1.29 is 13.2 Å². The highest BCUT2D eigenvalue weighted by molar-refractivity contribution is 9.10. The van der Waals surface area contributed by atoms with Gasteiger partial charge in [0.15, 0.2) is 0 Å². The molecular weight excluding hydrogens is 356 g/mol. The molecule has 1 aliphatic rings. The first-order valence-corrected chi connectivity index (χ1v) is 8.86. The molecule has 0 N–H and O–H groups in total. The highest BCUT2D eigenvalue weighted by Crippen LogP contribution is 2.30. The molecule has 0 unspecified atom stereocenters. The summed E-state index contributed by atoms with van der Waals surface area (Å²) in [7, 11) is -2.01. The van der Waals surface area contributed by atoms with Crippen LogP contribution in [0.2, 0.25) is 0 Å². The summed E-state index contributed by atoms with van der Waals surface area (Å²) in [6.07, 6.45) is 0. The number of rotatable bonds is 2. The van der Waals surface area contributed by atoms with E-state index in [-0.39, 0.29) is 10.8 Å². The molecule has 1 aromatic carbocycles. The molecule has 0 radical (unpaired) electrons. The van der Waals surface area contributed by atoms with Crippen LogP contribution >= 0.6 is 15.9 Å². The molecule has 0 spiro atoms. The summed E-state index contributed by atoms with van der Waals surface area (Å²) in [5, 5.41) is 0. The van der Waals surface area contributed by atoms with Crippen LogP contribution in [0.3, 0.4) is 0 Å². The monoisotopic (exact) mass is 374 g/mol. The van der Waals surface area contributed by atoms with Gasteiger partial charge in [0.2, 0.25) is 15.9 Å². The lowest BCUT2D eigenvalue weighted by Gasteiger charge is -2.43. The lowest BCUT2D eigenvalue weighted by molar-refractivity contribution is -0.142. The van der Waals surface area contributed by atoms with Crippen LogP contribution < -0.4 is 0 Å². The number of amides is 1. The van der Waals surface area contributed by atoms with Crippen LogP contribution in [0.25, 0.3) is 0 Å². The van der Waals surface area contributed by atoms with Gasteiger partial charge in [0.1, 0.15) is 5.54 Å². The van der Waals surface area contributed by atoms with Gasteiger partial charge in [-0.3, -0.25) is 4.79 Å². The Balaban J connectivity index is 2.48. The Kier molecular flexibility index (Phi) is 4.21. The van der Waals surface area contributed by atoms with Crippen LogP contribution in [0.5, 0.6) is 0 Å². The smallest absolute Gasteiger partial charge is 0.244 e. The van der Waals surface area contributed by atoms with Crippen LogP contribution in [0.1, 0.15) is 19.4 Å². The normalized spacial score (nSPS) is 19.9. The zero-order valence-electron chi connectivity index (χ0n) is 12.6. The molecule has 1 saturated heterocycles. The maximum Gasteiger partial charge on any atom is 0.244 e. The molecule has 2 rings (SSSR count). The molecule has 1 amide bonds. The fraction of sp³-hybridized carbons (Fsp3) is 0.500. The second-order valence-corrected chi connectivity index (χ2v) is 8.49. The highest BCUT2D eigenvalue weighted by Gasteiger charge is 2.46. The van der Waals surface area contributed by atoms with Crippen LogP contribution in [0.4, 0.5) is 0 Å². The summed E-state index contributed by atoms with van der Waals surface area (Å²) in [6, 6.07) is 4.90. The number of halogens is 1. The molecular formula is C14H19BrN2O3S. The number of likely N-dealkylation sites (N-methyl/N-ethyl adjacent to an activating group) is 1. The Morgan fingerprint density at radius 1 is 1.24 bits per heavy atom. The summed E-state index contributed by atoms with van der Waals surface area (Å²) in [4.78, 5) is 14.1. The van der Waals surface area contributed by atoms with Crippen molar-refractivity contribution in [3.05, 3.63) is 28.2 Å². The molecule has 21 heavy (non-hydrogen) atoms. The quantitative estimate of drug-likeness (QED) is 0.795. The van der Waals surface area contributed by atoms with E-state index in [2.05, 4.69) is 15.9 Å². The average molecular weight is 375 g/mol. The fourth-order valence-corrected chi connectivity index (χ4v) is 4.59. The number of hydrogen-bond acceptors (Lipinski definition) is 3. The number of piperazine rings is 1. The van der Waals surface area contributed by atoms with Crippen molar-refractivity contribution >= 4 is 31.9 Å². The summed E-state index contributed by atoms with van der Waals surface area (Å²) in [5.41, 5.74) is -0.235. The molecule has 1 aliphatic heterocycles. The van der Waals surface area contributed by atoms with Crippen molar-refractivity contribution in [1.29, 1.82) is 0 Å². The van der Waals surface area contributed by atoms with Crippen molar-refractivity contribution in [3.63, 3.8) is 0 Å². The Morgan fingerprint density at radius 2 is 1.86 bits per heavy atom. The van der Waals surface area contributed by atoms with Crippen molar-refractivity contribution in [2.45, 2.75) is 31.2 Å². The summed E-state index contributed by atoms with van der Waals surface area (Å²) < 4.78 is 27.9. The number of carbonyl (C=O) groups excluding carboxylic acids is 1. The maximum atomic E-state index is 12.9. The minimum Gasteiger partial charge on any atom is -0.343 e. The van der Waals surface area contributed by atoms with Gasteiger partial charge in [-0.25, -0.2) is 8.42 Å². The predicted octanol–water partition coefficient (Wildman–Crippen LogP) is 2.00. The molecule has 1 fully saturated rings. The standard InChI is InChI=1S/C14H19BrN2O3S/c1-10-9-11(5-6-12(10)15)21(19,20)17-8-7-16(4)13(18)14(17,2)3/h5-6,9H,7-8H2,1-4H3. The average Bonchev–Trinajstić information content (AvgIpc) is 2.38. The Labute approximate surface area is 134 Å². The Bertz CT molecular complexity index is 685. The topological polar surface area (TPSA) is 57.7 Å². The number of benzene rings is 1. The lowest BCUT2D eigenvalue weighted by Crippen LogP contribution is -2.63. The lowest BCUT2D eigenvalue weighted by atomic mass is 10.0. The van der Waals surface area contributed by atoms with Crippen LogP contribution in [0.15, 0.2) is 27.6 Å². The van der Waals surface area contributed by atoms with Gasteiger partial charge in [0, 0.05) is 24.6 Å². The highest BCUT2D eigenvalue weighted by atomic mass is 79.9. The molecule has 0 bridgehead atoms. The molecule has 1 heterocycles. The van der Waals surface area contributed by atoms with E-state index in [9.17, 15) is 13.2 Å². The summed E-state index contributed by atoms with van der Waals surface area (Å²) >= 11 is 3.36. The second kappa shape index (κ2) is 5.37. The number of carbonyl (C=O) groups is 1. The van der Waals surface area contributed by atoms with Gasteiger partial charge in [-0.05, 0) is 44.5 Å². The minimum atomic E-state index is -3.70. The predicted molar refractivity (Wildman–Crippen MR) is 84.5 cm³/mol. The zero-order valence-corrected chi connectivity index (χ0v) is 15.0. The molecule has 5 nitrogen and oxygen atoms in total. The maximum absolute atomic E-state index is 12.9. The van der Waals surface area contributed by atoms with Gasteiger partial charge in [-0.15, -0.1) is 0 Å². The fourth-order valence-electron chi connectivity index (χ4n) is 2.52. The van der Waals surface area contributed by atoms with E-state index >= 15 is 0 Å². The summed E-state index contributed by atoms with van der Waals surface area (Å²) in [5.74, 6) is -0.189. The van der Waals surface area contributed by atoms with Gasteiger partial charge in [0.05, 0.1) is 4.90 Å². The SMILES string of the molecule is Cc1cc(S(=O)(=O)N2CCN(C)C(=O)C2(C)C)ccc1Br. The molecule has 0 atom stereocenters. The van der Waals surface area contributed by atoms with E-state index in [1.807, 2.05) is 6.92 Å². The van der Waals surface area contributed by atoms with E-state index in [1.165, 1.54) is 4.31 Å². The summed E-state index contributed by atoms with van der Waals surface area (Å²) in [6.45, 7) is 5.83. The number of aryl methyl sites for hydroxylation is 1. The first kappa shape index (κ1) is 16.5. The van der Waals surface area contributed by atoms with Crippen molar-refractivity contribution in [1.82, 2.24) is 9.21 Å². The molecule has 0 aliphatic carbocycles. The third kappa shape index (κ3) is 2.74.